The molecular weight excluding hydrogens is 350 g/mol. The molecule has 1 heterocycles. The number of nitrogens with one attached hydrogen (secondary N) is 2. The van der Waals surface area contributed by atoms with Crippen molar-refractivity contribution in [1.29, 1.82) is 0 Å². The van der Waals surface area contributed by atoms with E-state index in [0.29, 0.717) is 17.7 Å². The molecule has 4 rings (SSSR count). The number of hydrogen-bond donors (Lipinski definition) is 2. The SMILES string of the molecule is COc1ccc(Nc2nc(Nc3ccccc3)nc(-c3ccccc3)n2)cc1. The number of para-hydroxylation sites is 1. The van der Waals surface area contributed by atoms with Gasteiger partial charge in [-0.1, -0.05) is 48.5 Å². The lowest BCUT2D eigenvalue weighted by molar-refractivity contribution is 0.415. The van der Waals surface area contributed by atoms with Crippen LogP contribution in [0.4, 0.5) is 23.3 Å². The van der Waals surface area contributed by atoms with Crippen molar-refractivity contribution in [2.24, 2.45) is 0 Å². The topological polar surface area (TPSA) is 72.0 Å². The standard InChI is InChI=1S/C22H19N5O/c1-28-19-14-12-18(13-15-19)24-22-26-20(16-8-4-2-5-9-16)25-21(27-22)23-17-10-6-3-7-11-17/h2-15H,1H3,(H2,23,24,25,26,27). The monoisotopic (exact) mass is 369 g/mol. The van der Waals surface area contributed by atoms with Crippen molar-refractivity contribution in [2.75, 3.05) is 17.7 Å². The van der Waals surface area contributed by atoms with Gasteiger partial charge in [-0.25, -0.2) is 0 Å². The molecule has 0 bridgehead atoms. The van der Waals surface area contributed by atoms with Crippen LogP contribution in [0.15, 0.2) is 84.9 Å². The Labute approximate surface area is 163 Å². The average molecular weight is 369 g/mol. The van der Waals surface area contributed by atoms with Crippen molar-refractivity contribution in [2.45, 2.75) is 0 Å². The van der Waals surface area contributed by atoms with Crippen LogP contribution in [-0.4, -0.2) is 22.1 Å². The molecule has 0 spiro atoms. The second-order valence-corrected chi connectivity index (χ2v) is 6.02. The maximum atomic E-state index is 5.20. The van der Waals surface area contributed by atoms with Crippen LogP contribution < -0.4 is 15.4 Å². The molecule has 138 valence electrons. The van der Waals surface area contributed by atoms with Crippen molar-refractivity contribution in [3.63, 3.8) is 0 Å². The third kappa shape index (κ3) is 4.24. The largest absolute Gasteiger partial charge is 0.497 e. The molecule has 2 N–H and O–H groups in total. The number of ether oxygens (including phenoxy) is 1. The number of benzene rings is 3. The molecule has 28 heavy (non-hydrogen) atoms. The minimum atomic E-state index is 0.456. The van der Waals surface area contributed by atoms with Crippen LogP contribution in [0, 0.1) is 0 Å². The third-order valence-electron chi connectivity index (χ3n) is 4.04. The summed E-state index contributed by atoms with van der Waals surface area (Å²) in [6, 6.07) is 27.2. The summed E-state index contributed by atoms with van der Waals surface area (Å²) >= 11 is 0. The predicted molar refractivity (Wildman–Crippen MR) is 111 cm³/mol. The number of nitrogens with zero attached hydrogens (tertiary/aromatic N) is 3. The Balaban J connectivity index is 1.68. The van der Waals surface area contributed by atoms with Crippen molar-refractivity contribution < 1.29 is 4.74 Å². The highest BCUT2D eigenvalue weighted by Gasteiger charge is 2.09. The highest BCUT2D eigenvalue weighted by molar-refractivity contribution is 5.63. The highest BCUT2D eigenvalue weighted by atomic mass is 16.5. The third-order valence-corrected chi connectivity index (χ3v) is 4.04. The Kier molecular flexibility index (Phi) is 5.11. The van der Waals surface area contributed by atoms with E-state index in [1.54, 1.807) is 7.11 Å². The van der Waals surface area contributed by atoms with Gasteiger partial charge < -0.3 is 15.4 Å². The van der Waals surface area contributed by atoms with E-state index in [9.17, 15) is 0 Å². The second-order valence-electron chi connectivity index (χ2n) is 6.02. The molecule has 0 aliphatic heterocycles. The highest BCUT2D eigenvalue weighted by Crippen LogP contribution is 2.23. The van der Waals surface area contributed by atoms with E-state index in [0.717, 1.165) is 22.7 Å². The maximum absolute atomic E-state index is 5.20. The summed E-state index contributed by atoms with van der Waals surface area (Å²) in [5, 5.41) is 6.47. The number of rotatable bonds is 6. The summed E-state index contributed by atoms with van der Waals surface area (Å²) in [6.07, 6.45) is 0. The first-order valence-corrected chi connectivity index (χ1v) is 8.85. The molecule has 6 heteroatoms. The van der Waals surface area contributed by atoms with Gasteiger partial charge in [0.2, 0.25) is 11.9 Å². The van der Waals surface area contributed by atoms with Gasteiger partial charge in [0.25, 0.3) is 0 Å². The Bertz CT molecular complexity index is 1040. The Morgan fingerprint density at radius 2 is 1.14 bits per heavy atom. The molecule has 0 aliphatic carbocycles. The van der Waals surface area contributed by atoms with Gasteiger partial charge in [0.05, 0.1) is 7.11 Å². The van der Waals surface area contributed by atoms with Crippen molar-refractivity contribution in [3.05, 3.63) is 84.9 Å². The molecule has 4 aromatic rings. The molecule has 6 nitrogen and oxygen atoms in total. The molecular formula is C22H19N5O. The molecule has 0 amide bonds. The lowest BCUT2D eigenvalue weighted by Gasteiger charge is -2.11. The van der Waals surface area contributed by atoms with Gasteiger partial charge in [-0.15, -0.1) is 0 Å². The fraction of sp³-hybridized carbons (Fsp3) is 0.0455. The van der Waals surface area contributed by atoms with E-state index in [2.05, 4.69) is 25.6 Å². The first kappa shape index (κ1) is 17.5. The lowest BCUT2D eigenvalue weighted by Crippen LogP contribution is -2.05. The minimum absolute atomic E-state index is 0.456. The zero-order chi connectivity index (χ0) is 19.2. The smallest absolute Gasteiger partial charge is 0.232 e. The summed E-state index contributed by atoms with van der Waals surface area (Å²) in [6.45, 7) is 0. The average Bonchev–Trinajstić information content (AvgIpc) is 2.75. The van der Waals surface area contributed by atoms with Gasteiger partial charge in [0.15, 0.2) is 5.82 Å². The van der Waals surface area contributed by atoms with Crippen molar-refractivity contribution in [1.82, 2.24) is 15.0 Å². The van der Waals surface area contributed by atoms with Gasteiger partial charge in [-0.05, 0) is 36.4 Å². The first-order chi connectivity index (χ1) is 13.8. The normalized spacial score (nSPS) is 10.3. The zero-order valence-corrected chi connectivity index (χ0v) is 15.3. The van der Waals surface area contributed by atoms with Gasteiger partial charge in [0.1, 0.15) is 5.75 Å². The summed E-state index contributed by atoms with van der Waals surface area (Å²) in [5.41, 5.74) is 2.68. The molecule has 3 aromatic carbocycles. The minimum Gasteiger partial charge on any atom is -0.497 e. The Hall–Kier alpha value is -3.93. The van der Waals surface area contributed by atoms with Gasteiger partial charge >= 0.3 is 0 Å². The molecule has 0 radical (unpaired) electrons. The number of anilines is 4. The number of hydrogen-bond acceptors (Lipinski definition) is 6. The lowest BCUT2D eigenvalue weighted by atomic mass is 10.2. The van der Waals surface area contributed by atoms with E-state index in [1.807, 2.05) is 84.9 Å². The fourth-order valence-corrected chi connectivity index (χ4v) is 2.66. The van der Waals surface area contributed by atoms with Crippen LogP contribution in [0.5, 0.6) is 5.75 Å². The van der Waals surface area contributed by atoms with E-state index in [4.69, 9.17) is 4.74 Å². The van der Waals surface area contributed by atoms with Crippen LogP contribution in [0.2, 0.25) is 0 Å². The van der Waals surface area contributed by atoms with Gasteiger partial charge in [-0.2, -0.15) is 15.0 Å². The Morgan fingerprint density at radius 1 is 0.607 bits per heavy atom. The van der Waals surface area contributed by atoms with E-state index in [-0.39, 0.29) is 0 Å². The van der Waals surface area contributed by atoms with Crippen LogP contribution >= 0.6 is 0 Å². The summed E-state index contributed by atoms with van der Waals surface area (Å²) in [4.78, 5) is 13.7. The molecule has 0 atom stereocenters. The molecule has 0 aliphatic rings. The quantitative estimate of drug-likeness (QED) is 0.496. The number of methoxy groups -OCH3 is 1. The van der Waals surface area contributed by atoms with Crippen LogP contribution in [0.3, 0.4) is 0 Å². The van der Waals surface area contributed by atoms with Crippen molar-refractivity contribution in [3.8, 4) is 17.1 Å². The van der Waals surface area contributed by atoms with Crippen LogP contribution in [0.1, 0.15) is 0 Å². The number of aromatic nitrogens is 3. The van der Waals surface area contributed by atoms with Crippen LogP contribution in [0.25, 0.3) is 11.4 Å². The zero-order valence-electron chi connectivity index (χ0n) is 15.3. The van der Waals surface area contributed by atoms with Gasteiger partial charge in [-0.3, -0.25) is 0 Å². The second kappa shape index (κ2) is 8.18. The first-order valence-electron chi connectivity index (χ1n) is 8.85. The van der Waals surface area contributed by atoms with Gasteiger partial charge in [0, 0.05) is 16.9 Å². The van der Waals surface area contributed by atoms with E-state index in [1.165, 1.54) is 0 Å². The van der Waals surface area contributed by atoms with E-state index >= 15 is 0 Å². The van der Waals surface area contributed by atoms with Crippen molar-refractivity contribution >= 4 is 23.3 Å². The molecule has 1 aromatic heterocycles. The molecule has 0 saturated carbocycles. The molecule has 0 unspecified atom stereocenters. The summed E-state index contributed by atoms with van der Waals surface area (Å²) in [5.74, 6) is 2.30. The summed E-state index contributed by atoms with van der Waals surface area (Å²) in [7, 11) is 1.64. The fourth-order valence-electron chi connectivity index (χ4n) is 2.66. The van der Waals surface area contributed by atoms with E-state index < -0.39 is 0 Å². The Morgan fingerprint density at radius 3 is 1.71 bits per heavy atom. The molecule has 0 saturated heterocycles. The molecule has 0 fully saturated rings. The predicted octanol–water partition coefficient (Wildman–Crippen LogP) is 5.03. The van der Waals surface area contributed by atoms with Crippen LogP contribution in [-0.2, 0) is 0 Å². The maximum Gasteiger partial charge on any atom is 0.232 e. The summed E-state index contributed by atoms with van der Waals surface area (Å²) < 4.78 is 5.20.